The fraction of sp³-hybridized carbons (Fsp3) is 0.571. The smallest absolute Gasteiger partial charge is 0.325 e. The number of methoxy groups -OCH3 is 1. The number of nitrogens with zero attached hydrogens (tertiary/aromatic N) is 2. The van der Waals surface area contributed by atoms with Crippen LogP contribution >= 0.6 is 0 Å². The van der Waals surface area contributed by atoms with E-state index in [1.807, 2.05) is 0 Å². The van der Waals surface area contributed by atoms with Crippen molar-refractivity contribution in [2.45, 2.75) is 51.1 Å². The number of carbonyl (C=O) groups excluding carboxylic acids is 3. The predicted molar refractivity (Wildman–Crippen MR) is 105 cm³/mol. The molecule has 2 aliphatic rings. The van der Waals surface area contributed by atoms with E-state index in [0.29, 0.717) is 17.2 Å². The number of nitrogens with one attached hydrogen (secondary N) is 1. The summed E-state index contributed by atoms with van der Waals surface area (Å²) in [5, 5.41) is 2.74. The lowest BCUT2D eigenvalue weighted by Crippen LogP contribution is -2.47. The van der Waals surface area contributed by atoms with E-state index < -0.39 is 17.5 Å². The molecule has 7 heteroatoms. The highest BCUT2D eigenvalue weighted by Gasteiger charge is 2.49. The lowest BCUT2D eigenvalue weighted by Gasteiger charge is -2.34. The number of amides is 4. The standard InChI is InChI=1S/C21H29N3O4/c1-14-5-9-16(10-6-14)23(3)18(25)13-24-19(26)21(2,22-20(24)27)15-7-11-17(28-4)12-8-15/h7-8,11-12,14,16H,5-6,9-10,13H2,1-4H3,(H,22,27). The minimum absolute atomic E-state index is 0.178. The van der Waals surface area contributed by atoms with Gasteiger partial charge in [0, 0.05) is 13.1 Å². The van der Waals surface area contributed by atoms with Crippen LogP contribution < -0.4 is 10.1 Å². The maximum Gasteiger partial charge on any atom is 0.325 e. The molecule has 1 saturated heterocycles. The van der Waals surface area contributed by atoms with Gasteiger partial charge < -0.3 is 15.0 Å². The van der Waals surface area contributed by atoms with Crippen LogP contribution in [-0.4, -0.2) is 54.4 Å². The molecule has 1 N–H and O–H groups in total. The van der Waals surface area contributed by atoms with Gasteiger partial charge in [-0.25, -0.2) is 4.79 Å². The Labute approximate surface area is 166 Å². The lowest BCUT2D eigenvalue weighted by atomic mass is 9.87. The van der Waals surface area contributed by atoms with Gasteiger partial charge in [0.25, 0.3) is 5.91 Å². The first-order valence-corrected chi connectivity index (χ1v) is 9.80. The van der Waals surface area contributed by atoms with Crippen LogP contribution in [0.2, 0.25) is 0 Å². The van der Waals surface area contributed by atoms with Crippen LogP contribution in [0, 0.1) is 5.92 Å². The van der Waals surface area contributed by atoms with Crippen molar-refractivity contribution in [2.75, 3.05) is 20.7 Å². The average Bonchev–Trinajstić information content (AvgIpc) is 2.92. The van der Waals surface area contributed by atoms with E-state index in [2.05, 4.69) is 12.2 Å². The normalized spacial score (nSPS) is 27.5. The van der Waals surface area contributed by atoms with Crippen molar-refractivity contribution in [3.05, 3.63) is 29.8 Å². The minimum Gasteiger partial charge on any atom is -0.497 e. The van der Waals surface area contributed by atoms with E-state index in [9.17, 15) is 14.4 Å². The molecule has 152 valence electrons. The molecule has 1 unspecified atom stereocenters. The molecule has 0 bridgehead atoms. The molecule has 1 aliphatic heterocycles. The van der Waals surface area contributed by atoms with Gasteiger partial charge in [0.05, 0.1) is 7.11 Å². The van der Waals surface area contributed by atoms with E-state index in [1.165, 1.54) is 0 Å². The molecule has 1 aromatic carbocycles. The molecule has 0 radical (unpaired) electrons. The monoisotopic (exact) mass is 387 g/mol. The van der Waals surface area contributed by atoms with Crippen molar-refractivity contribution < 1.29 is 19.1 Å². The fourth-order valence-electron chi connectivity index (χ4n) is 4.04. The molecular weight excluding hydrogens is 358 g/mol. The first-order valence-electron chi connectivity index (χ1n) is 9.80. The zero-order chi connectivity index (χ0) is 20.5. The second-order valence-corrected chi connectivity index (χ2v) is 8.09. The van der Waals surface area contributed by atoms with Gasteiger partial charge in [-0.05, 0) is 56.2 Å². The number of hydrogen-bond acceptors (Lipinski definition) is 4. The van der Waals surface area contributed by atoms with Crippen LogP contribution in [0.5, 0.6) is 5.75 Å². The summed E-state index contributed by atoms with van der Waals surface area (Å²) in [5.41, 5.74) is -0.543. The second-order valence-electron chi connectivity index (χ2n) is 8.09. The quantitative estimate of drug-likeness (QED) is 0.788. The Kier molecular flexibility index (Phi) is 5.63. The lowest BCUT2D eigenvalue weighted by molar-refractivity contribution is -0.139. The summed E-state index contributed by atoms with van der Waals surface area (Å²) in [5.74, 6) is 0.735. The predicted octanol–water partition coefficient (Wildman–Crippen LogP) is 2.50. The van der Waals surface area contributed by atoms with Crippen LogP contribution in [0.15, 0.2) is 24.3 Å². The summed E-state index contributed by atoms with van der Waals surface area (Å²) in [6, 6.07) is 6.62. The Morgan fingerprint density at radius 1 is 1.21 bits per heavy atom. The largest absolute Gasteiger partial charge is 0.497 e. The van der Waals surface area contributed by atoms with Crippen LogP contribution in [0.25, 0.3) is 0 Å². The zero-order valence-electron chi connectivity index (χ0n) is 17.0. The highest BCUT2D eigenvalue weighted by Crippen LogP contribution is 2.31. The number of benzene rings is 1. The van der Waals surface area contributed by atoms with Crippen molar-refractivity contribution in [1.82, 2.24) is 15.1 Å². The summed E-state index contributed by atoms with van der Waals surface area (Å²) in [7, 11) is 3.33. The topological polar surface area (TPSA) is 79.0 Å². The number of carbonyl (C=O) groups is 3. The molecule has 28 heavy (non-hydrogen) atoms. The van der Waals surface area contributed by atoms with E-state index in [4.69, 9.17) is 4.74 Å². The average molecular weight is 387 g/mol. The van der Waals surface area contributed by atoms with Gasteiger partial charge >= 0.3 is 6.03 Å². The molecule has 7 nitrogen and oxygen atoms in total. The summed E-state index contributed by atoms with van der Waals surface area (Å²) in [6.07, 6.45) is 4.13. The van der Waals surface area contributed by atoms with Gasteiger partial charge in [-0.1, -0.05) is 19.1 Å². The molecule has 1 saturated carbocycles. The number of likely N-dealkylation sites (N-methyl/N-ethyl adjacent to an activating group) is 1. The first-order chi connectivity index (χ1) is 13.3. The third-order valence-corrected chi connectivity index (χ3v) is 6.16. The molecule has 1 aromatic rings. The SMILES string of the molecule is COc1ccc(C2(C)NC(=O)N(CC(=O)N(C)C3CCC(C)CC3)C2=O)cc1. The summed E-state index contributed by atoms with van der Waals surface area (Å²) < 4.78 is 5.14. The van der Waals surface area contributed by atoms with Gasteiger partial charge in [-0.15, -0.1) is 0 Å². The molecule has 1 aliphatic carbocycles. The molecular formula is C21H29N3O4. The maximum atomic E-state index is 13.0. The zero-order valence-corrected chi connectivity index (χ0v) is 17.0. The van der Waals surface area contributed by atoms with E-state index in [0.717, 1.165) is 30.6 Å². The van der Waals surface area contributed by atoms with Crippen molar-refractivity contribution in [1.29, 1.82) is 0 Å². The van der Waals surface area contributed by atoms with Crippen LogP contribution in [-0.2, 0) is 15.1 Å². The van der Waals surface area contributed by atoms with Crippen LogP contribution in [0.1, 0.15) is 45.1 Å². The molecule has 1 atom stereocenters. The highest BCUT2D eigenvalue weighted by molar-refractivity contribution is 6.09. The van der Waals surface area contributed by atoms with Crippen LogP contribution in [0.3, 0.4) is 0 Å². The Morgan fingerprint density at radius 2 is 1.82 bits per heavy atom. The molecule has 0 aromatic heterocycles. The molecule has 2 fully saturated rings. The van der Waals surface area contributed by atoms with E-state index >= 15 is 0 Å². The highest BCUT2D eigenvalue weighted by atomic mass is 16.5. The summed E-state index contributed by atoms with van der Waals surface area (Å²) in [6.45, 7) is 3.65. The molecule has 3 rings (SSSR count). The molecule has 0 spiro atoms. The summed E-state index contributed by atoms with van der Waals surface area (Å²) >= 11 is 0. The van der Waals surface area contributed by atoms with Gasteiger partial charge in [-0.2, -0.15) is 0 Å². The second kappa shape index (κ2) is 7.81. The maximum absolute atomic E-state index is 13.0. The van der Waals surface area contributed by atoms with Gasteiger partial charge in [0.15, 0.2) is 0 Å². The van der Waals surface area contributed by atoms with Crippen molar-refractivity contribution >= 4 is 17.8 Å². The Hall–Kier alpha value is -2.57. The van der Waals surface area contributed by atoms with E-state index in [-0.39, 0.29) is 18.5 Å². The number of hydrogen-bond donors (Lipinski definition) is 1. The number of imide groups is 1. The number of rotatable bonds is 5. The Balaban J connectivity index is 1.69. The minimum atomic E-state index is -1.19. The number of urea groups is 1. The van der Waals surface area contributed by atoms with Crippen molar-refractivity contribution in [3.63, 3.8) is 0 Å². The third-order valence-electron chi connectivity index (χ3n) is 6.16. The van der Waals surface area contributed by atoms with Crippen molar-refractivity contribution in [2.24, 2.45) is 5.92 Å². The number of ether oxygens (including phenoxy) is 1. The van der Waals surface area contributed by atoms with Gasteiger partial charge in [0.2, 0.25) is 5.91 Å². The Morgan fingerprint density at radius 3 is 2.39 bits per heavy atom. The van der Waals surface area contributed by atoms with Crippen molar-refractivity contribution in [3.8, 4) is 5.75 Å². The Bertz CT molecular complexity index is 755. The molecule has 4 amide bonds. The fourth-order valence-corrected chi connectivity index (χ4v) is 4.04. The van der Waals surface area contributed by atoms with Gasteiger partial charge in [-0.3, -0.25) is 14.5 Å². The summed E-state index contributed by atoms with van der Waals surface area (Å²) in [4.78, 5) is 40.9. The van der Waals surface area contributed by atoms with Crippen LogP contribution in [0.4, 0.5) is 4.79 Å². The van der Waals surface area contributed by atoms with Gasteiger partial charge in [0.1, 0.15) is 17.8 Å². The first kappa shape index (κ1) is 20.2. The third kappa shape index (κ3) is 3.70. The van der Waals surface area contributed by atoms with E-state index in [1.54, 1.807) is 50.2 Å². The molecule has 1 heterocycles.